The highest BCUT2D eigenvalue weighted by molar-refractivity contribution is 5.99. The molecular weight excluding hydrogens is 174 g/mol. The SMILES string of the molecule is CC=CN=C(C)c1ccc(OC)cc1. The number of rotatable bonds is 3. The van der Waals surface area contributed by atoms with E-state index in [0.29, 0.717) is 0 Å². The van der Waals surface area contributed by atoms with E-state index in [4.69, 9.17) is 4.74 Å². The molecule has 0 bridgehead atoms. The molecule has 0 fully saturated rings. The van der Waals surface area contributed by atoms with Crippen molar-refractivity contribution in [2.75, 3.05) is 7.11 Å². The van der Waals surface area contributed by atoms with Crippen molar-refractivity contribution in [3.63, 3.8) is 0 Å². The summed E-state index contributed by atoms with van der Waals surface area (Å²) in [5, 5.41) is 0. The number of ether oxygens (including phenoxy) is 1. The zero-order valence-electron chi connectivity index (χ0n) is 8.82. The van der Waals surface area contributed by atoms with E-state index in [1.807, 2.05) is 44.2 Å². The standard InChI is InChI=1S/C12H15NO/c1-4-9-13-10(2)11-5-7-12(14-3)8-6-11/h4-9H,1-3H3. The minimum atomic E-state index is 0.868. The van der Waals surface area contributed by atoms with E-state index in [-0.39, 0.29) is 0 Å². The van der Waals surface area contributed by atoms with Crippen LogP contribution in [-0.4, -0.2) is 12.8 Å². The van der Waals surface area contributed by atoms with E-state index in [1.54, 1.807) is 13.3 Å². The highest BCUT2D eigenvalue weighted by Gasteiger charge is 1.96. The van der Waals surface area contributed by atoms with Crippen LogP contribution >= 0.6 is 0 Å². The van der Waals surface area contributed by atoms with E-state index in [0.717, 1.165) is 17.0 Å². The van der Waals surface area contributed by atoms with Gasteiger partial charge in [0.05, 0.1) is 7.11 Å². The van der Waals surface area contributed by atoms with Gasteiger partial charge in [-0.15, -0.1) is 0 Å². The van der Waals surface area contributed by atoms with E-state index in [9.17, 15) is 0 Å². The van der Waals surface area contributed by atoms with Gasteiger partial charge in [0.1, 0.15) is 5.75 Å². The van der Waals surface area contributed by atoms with Crippen molar-refractivity contribution in [1.29, 1.82) is 0 Å². The molecule has 14 heavy (non-hydrogen) atoms. The van der Waals surface area contributed by atoms with Crippen LogP contribution in [0.4, 0.5) is 0 Å². The summed E-state index contributed by atoms with van der Waals surface area (Å²) in [7, 11) is 1.66. The number of hydrogen-bond acceptors (Lipinski definition) is 2. The molecule has 0 aliphatic heterocycles. The predicted molar refractivity (Wildman–Crippen MR) is 60.0 cm³/mol. The molecule has 1 aromatic rings. The highest BCUT2D eigenvalue weighted by atomic mass is 16.5. The summed E-state index contributed by atoms with van der Waals surface area (Å²) < 4.78 is 5.08. The Labute approximate surface area is 84.9 Å². The number of benzene rings is 1. The average Bonchev–Trinajstić information content (AvgIpc) is 2.26. The Hall–Kier alpha value is -1.57. The lowest BCUT2D eigenvalue weighted by molar-refractivity contribution is 0.415. The molecule has 0 unspecified atom stereocenters. The van der Waals surface area contributed by atoms with Crippen LogP contribution in [0.3, 0.4) is 0 Å². The van der Waals surface area contributed by atoms with E-state index < -0.39 is 0 Å². The third-order valence-electron chi connectivity index (χ3n) is 1.93. The third-order valence-corrected chi connectivity index (χ3v) is 1.93. The van der Waals surface area contributed by atoms with Crippen molar-refractivity contribution < 1.29 is 4.74 Å². The minimum Gasteiger partial charge on any atom is -0.497 e. The summed E-state index contributed by atoms with van der Waals surface area (Å²) in [4.78, 5) is 4.26. The maximum Gasteiger partial charge on any atom is 0.118 e. The fourth-order valence-corrected chi connectivity index (χ4v) is 1.09. The number of nitrogens with zero attached hydrogens (tertiary/aromatic N) is 1. The molecule has 2 heteroatoms. The second-order valence-corrected chi connectivity index (χ2v) is 2.93. The number of aliphatic imine (C=N–C) groups is 1. The molecule has 1 rings (SSSR count). The Morgan fingerprint density at radius 1 is 1.29 bits per heavy atom. The molecule has 0 aromatic heterocycles. The Bertz CT molecular complexity index is 336. The van der Waals surface area contributed by atoms with Gasteiger partial charge in [-0.3, -0.25) is 4.99 Å². The molecular formula is C12H15NO. The van der Waals surface area contributed by atoms with Crippen LogP contribution in [0.15, 0.2) is 41.5 Å². The first-order valence-electron chi connectivity index (χ1n) is 4.58. The molecule has 0 aliphatic rings. The third kappa shape index (κ3) is 2.73. The Balaban J connectivity index is 2.86. The topological polar surface area (TPSA) is 21.6 Å². The maximum atomic E-state index is 5.08. The molecule has 0 saturated carbocycles. The second kappa shape index (κ2) is 5.22. The lowest BCUT2D eigenvalue weighted by Gasteiger charge is -2.01. The quantitative estimate of drug-likeness (QED) is 0.670. The summed E-state index contributed by atoms with van der Waals surface area (Å²) in [6.45, 7) is 3.94. The zero-order chi connectivity index (χ0) is 10.4. The first-order valence-corrected chi connectivity index (χ1v) is 4.58. The second-order valence-electron chi connectivity index (χ2n) is 2.93. The lowest BCUT2D eigenvalue weighted by Crippen LogP contribution is -1.93. The van der Waals surface area contributed by atoms with Gasteiger partial charge >= 0.3 is 0 Å². The largest absolute Gasteiger partial charge is 0.497 e. The van der Waals surface area contributed by atoms with Crippen LogP contribution < -0.4 is 4.74 Å². The monoisotopic (exact) mass is 189 g/mol. The summed E-state index contributed by atoms with van der Waals surface area (Å²) in [6.07, 6.45) is 3.70. The van der Waals surface area contributed by atoms with Crippen molar-refractivity contribution in [1.82, 2.24) is 0 Å². The summed E-state index contributed by atoms with van der Waals surface area (Å²) in [5.41, 5.74) is 2.12. The fourth-order valence-electron chi connectivity index (χ4n) is 1.09. The lowest BCUT2D eigenvalue weighted by atomic mass is 10.1. The van der Waals surface area contributed by atoms with Gasteiger partial charge in [-0.05, 0) is 43.7 Å². The number of allylic oxidation sites excluding steroid dienone is 1. The van der Waals surface area contributed by atoms with Gasteiger partial charge in [0, 0.05) is 11.9 Å². The molecule has 0 atom stereocenters. The first-order chi connectivity index (χ1) is 6.77. The van der Waals surface area contributed by atoms with Crippen LogP contribution in [0.5, 0.6) is 5.75 Å². The van der Waals surface area contributed by atoms with Crippen LogP contribution in [-0.2, 0) is 0 Å². The van der Waals surface area contributed by atoms with Gasteiger partial charge in [-0.1, -0.05) is 6.08 Å². The maximum absolute atomic E-state index is 5.08. The van der Waals surface area contributed by atoms with Crippen LogP contribution in [0, 0.1) is 0 Å². The van der Waals surface area contributed by atoms with Crippen molar-refractivity contribution >= 4 is 5.71 Å². The van der Waals surface area contributed by atoms with Crippen LogP contribution in [0.25, 0.3) is 0 Å². The van der Waals surface area contributed by atoms with E-state index in [2.05, 4.69) is 4.99 Å². The number of hydrogen-bond donors (Lipinski definition) is 0. The Kier molecular flexibility index (Phi) is 3.92. The number of methoxy groups -OCH3 is 1. The first kappa shape index (κ1) is 10.5. The zero-order valence-corrected chi connectivity index (χ0v) is 8.82. The molecule has 1 aromatic carbocycles. The van der Waals surface area contributed by atoms with Crippen LogP contribution in [0.1, 0.15) is 19.4 Å². The van der Waals surface area contributed by atoms with E-state index >= 15 is 0 Å². The summed E-state index contributed by atoms with van der Waals surface area (Å²) >= 11 is 0. The molecule has 0 heterocycles. The summed E-state index contributed by atoms with van der Waals surface area (Å²) in [6, 6.07) is 7.87. The van der Waals surface area contributed by atoms with Crippen molar-refractivity contribution in [3.05, 3.63) is 42.1 Å². The molecule has 0 aliphatic carbocycles. The molecule has 0 saturated heterocycles. The van der Waals surface area contributed by atoms with Gasteiger partial charge < -0.3 is 4.74 Å². The minimum absolute atomic E-state index is 0.868. The van der Waals surface area contributed by atoms with Gasteiger partial charge in [0.15, 0.2) is 0 Å². The Morgan fingerprint density at radius 3 is 2.43 bits per heavy atom. The molecule has 0 spiro atoms. The van der Waals surface area contributed by atoms with Gasteiger partial charge in [-0.2, -0.15) is 0 Å². The van der Waals surface area contributed by atoms with Crippen molar-refractivity contribution in [2.45, 2.75) is 13.8 Å². The molecule has 0 amide bonds. The Morgan fingerprint density at radius 2 is 1.93 bits per heavy atom. The normalized spacial score (nSPS) is 12.1. The van der Waals surface area contributed by atoms with Gasteiger partial charge in [-0.25, -0.2) is 0 Å². The van der Waals surface area contributed by atoms with Gasteiger partial charge in [0.25, 0.3) is 0 Å². The fraction of sp³-hybridized carbons (Fsp3) is 0.250. The van der Waals surface area contributed by atoms with E-state index in [1.165, 1.54) is 0 Å². The highest BCUT2D eigenvalue weighted by Crippen LogP contribution is 2.11. The van der Waals surface area contributed by atoms with Gasteiger partial charge in [0.2, 0.25) is 0 Å². The average molecular weight is 189 g/mol. The van der Waals surface area contributed by atoms with Crippen molar-refractivity contribution in [3.8, 4) is 5.75 Å². The van der Waals surface area contributed by atoms with Crippen LogP contribution in [0.2, 0.25) is 0 Å². The smallest absolute Gasteiger partial charge is 0.118 e. The molecule has 0 N–H and O–H groups in total. The molecule has 0 radical (unpaired) electrons. The molecule has 2 nitrogen and oxygen atoms in total. The predicted octanol–water partition coefficient (Wildman–Crippen LogP) is 3.04. The summed E-state index contributed by atoms with van der Waals surface area (Å²) in [5.74, 6) is 0.868. The van der Waals surface area contributed by atoms with Crippen molar-refractivity contribution in [2.24, 2.45) is 4.99 Å². The molecule has 74 valence electrons.